The normalized spacial score (nSPS) is 16.3. The number of rotatable bonds is 7. The zero-order chi connectivity index (χ0) is 22.0. The van der Waals surface area contributed by atoms with Gasteiger partial charge < -0.3 is 15.3 Å². The molecule has 1 saturated heterocycles. The number of halogens is 2. The van der Waals surface area contributed by atoms with Crippen LogP contribution in [0, 0.1) is 0 Å². The Kier molecular flexibility index (Phi) is 6.87. The molecule has 2 amide bonds. The van der Waals surface area contributed by atoms with Gasteiger partial charge in [0.1, 0.15) is 21.9 Å². The number of carboxylic acids is 1. The molecule has 0 aliphatic carbocycles. The number of primary amides is 1. The maximum Gasteiger partial charge on any atom is 0.326 e. The van der Waals surface area contributed by atoms with Gasteiger partial charge in [0, 0.05) is 12.5 Å². The number of hydrogen-bond acceptors (Lipinski definition) is 6. The maximum absolute atomic E-state index is 12.8. The van der Waals surface area contributed by atoms with Crippen LogP contribution in [-0.2, 0) is 14.4 Å². The first-order valence-corrected chi connectivity index (χ1v) is 10.5. The lowest BCUT2D eigenvalue weighted by atomic mass is 10.1. The van der Waals surface area contributed by atoms with E-state index in [1.54, 1.807) is 30.3 Å². The molecule has 3 N–H and O–H groups in total. The number of hydrogen-bond donors (Lipinski definition) is 2. The predicted octanol–water partition coefficient (Wildman–Crippen LogP) is 4.17. The van der Waals surface area contributed by atoms with Crippen LogP contribution in [0.4, 0.5) is 0 Å². The topological polar surface area (TPSA) is 114 Å². The molecule has 1 aliphatic heterocycles. The van der Waals surface area contributed by atoms with Gasteiger partial charge in [0.2, 0.25) is 5.91 Å². The summed E-state index contributed by atoms with van der Waals surface area (Å²) in [7, 11) is 0. The number of benzene rings is 1. The van der Waals surface area contributed by atoms with E-state index in [9.17, 15) is 19.5 Å². The second-order valence-corrected chi connectivity index (χ2v) is 8.70. The molecular weight excluding hydrogens is 471 g/mol. The molecule has 1 aromatic heterocycles. The minimum absolute atomic E-state index is 0.0732. The number of thiocarbonyl (C=S) groups is 1. The van der Waals surface area contributed by atoms with Crippen LogP contribution in [0.15, 0.2) is 39.7 Å². The molecule has 1 aliphatic rings. The molecule has 0 saturated carbocycles. The third-order valence-corrected chi connectivity index (χ3v) is 6.15. The lowest BCUT2D eigenvalue weighted by Gasteiger charge is -2.22. The number of carbonyl (C=O) groups excluding carboxylic acids is 2. The van der Waals surface area contributed by atoms with Crippen molar-refractivity contribution in [2.24, 2.45) is 5.73 Å². The number of carboxylic acid groups (broad SMARTS) is 1. The lowest BCUT2D eigenvalue weighted by Crippen LogP contribution is -2.44. The zero-order valence-electron chi connectivity index (χ0n) is 15.1. The number of nitrogens with two attached hydrogens (primary N) is 1. The number of nitrogens with zero attached hydrogens (tertiary/aromatic N) is 1. The van der Waals surface area contributed by atoms with Crippen LogP contribution < -0.4 is 5.73 Å². The summed E-state index contributed by atoms with van der Waals surface area (Å²) >= 11 is 18.5. The molecular formula is C19H14Cl2N2O5S2. The first-order chi connectivity index (χ1) is 14.2. The molecule has 0 bridgehead atoms. The van der Waals surface area contributed by atoms with Crippen molar-refractivity contribution in [1.29, 1.82) is 0 Å². The molecule has 0 radical (unpaired) electrons. The maximum atomic E-state index is 12.8. The second-order valence-electron chi connectivity index (χ2n) is 6.21. The summed E-state index contributed by atoms with van der Waals surface area (Å²) in [5.41, 5.74) is 5.61. The van der Waals surface area contributed by atoms with Crippen LogP contribution in [0.5, 0.6) is 0 Å². The van der Waals surface area contributed by atoms with E-state index in [-0.39, 0.29) is 22.1 Å². The summed E-state index contributed by atoms with van der Waals surface area (Å²) in [4.78, 5) is 36.6. The molecule has 0 spiro atoms. The highest BCUT2D eigenvalue weighted by Crippen LogP contribution is 2.38. The molecule has 11 heteroatoms. The summed E-state index contributed by atoms with van der Waals surface area (Å²) in [6.07, 6.45) is 1.13. The van der Waals surface area contributed by atoms with Crippen LogP contribution in [0.3, 0.4) is 0 Å². The first-order valence-electron chi connectivity index (χ1n) is 8.51. The smallest absolute Gasteiger partial charge is 0.326 e. The molecule has 2 aromatic rings. The Hall–Kier alpha value is -2.33. The molecule has 1 unspecified atom stereocenters. The van der Waals surface area contributed by atoms with Gasteiger partial charge >= 0.3 is 5.97 Å². The van der Waals surface area contributed by atoms with E-state index in [0.29, 0.717) is 27.1 Å². The summed E-state index contributed by atoms with van der Waals surface area (Å²) in [6.45, 7) is 0. The highest BCUT2D eigenvalue weighted by atomic mass is 35.5. The number of furan rings is 1. The van der Waals surface area contributed by atoms with Crippen LogP contribution >= 0.6 is 47.2 Å². The summed E-state index contributed by atoms with van der Waals surface area (Å²) in [6, 6.07) is 7.06. The van der Waals surface area contributed by atoms with Crippen LogP contribution in [-0.4, -0.2) is 38.2 Å². The van der Waals surface area contributed by atoms with Crippen molar-refractivity contribution in [3.8, 4) is 11.3 Å². The highest BCUT2D eigenvalue weighted by molar-refractivity contribution is 8.26. The van der Waals surface area contributed by atoms with Crippen molar-refractivity contribution >= 4 is 75.4 Å². The van der Waals surface area contributed by atoms with Gasteiger partial charge in [-0.05, 0) is 30.7 Å². The zero-order valence-corrected chi connectivity index (χ0v) is 18.3. The Bertz CT molecular complexity index is 1060. The Labute approximate surface area is 190 Å². The van der Waals surface area contributed by atoms with Crippen molar-refractivity contribution in [3.63, 3.8) is 0 Å². The van der Waals surface area contributed by atoms with E-state index in [2.05, 4.69) is 0 Å². The van der Waals surface area contributed by atoms with Crippen molar-refractivity contribution < 1.29 is 23.9 Å². The van der Waals surface area contributed by atoms with Crippen LogP contribution in [0.2, 0.25) is 10.0 Å². The van der Waals surface area contributed by atoms with Gasteiger partial charge in [-0.2, -0.15) is 0 Å². The van der Waals surface area contributed by atoms with Gasteiger partial charge in [-0.15, -0.1) is 0 Å². The van der Waals surface area contributed by atoms with E-state index in [4.69, 9.17) is 45.6 Å². The van der Waals surface area contributed by atoms with E-state index in [1.807, 2.05) is 0 Å². The molecule has 1 fully saturated rings. The van der Waals surface area contributed by atoms with Gasteiger partial charge in [0.05, 0.1) is 20.5 Å². The van der Waals surface area contributed by atoms with Crippen molar-refractivity contribution in [2.75, 3.05) is 0 Å². The van der Waals surface area contributed by atoms with E-state index < -0.39 is 23.8 Å². The number of thioether (sulfide) groups is 1. The molecule has 3 rings (SSSR count). The highest BCUT2D eigenvalue weighted by Gasteiger charge is 2.40. The molecule has 7 nitrogen and oxygen atoms in total. The van der Waals surface area contributed by atoms with Crippen molar-refractivity contribution in [2.45, 2.75) is 18.9 Å². The molecule has 1 aromatic carbocycles. The third kappa shape index (κ3) is 4.70. The van der Waals surface area contributed by atoms with Gasteiger partial charge in [-0.1, -0.05) is 53.2 Å². The standard InChI is InChI=1S/C19H14Cl2N2O5S2/c20-10-2-1-3-11(21)16(10)13-6-4-9(28-13)8-14-17(25)23(19(29)30-14)12(18(26)27)5-7-15(22)24/h1-4,6,8,12H,5,7H2,(H2,22,24)(H,26,27)/b14-8+. The van der Waals surface area contributed by atoms with E-state index >= 15 is 0 Å². The van der Waals surface area contributed by atoms with Gasteiger partial charge in [0.15, 0.2) is 0 Å². The first kappa shape index (κ1) is 22.4. The number of aliphatic carboxylic acids is 1. The fourth-order valence-electron chi connectivity index (χ4n) is 2.82. The predicted molar refractivity (Wildman–Crippen MR) is 119 cm³/mol. The molecule has 2 heterocycles. The Morgan fingerprint density at radius 3 is 2.53 bits per heavy atom. The van der Waals surface area contributed by atoms with Crippen LogP contribution in [0.25, 0.3) is 17.4 Å². The lowest BCUT2D eigenvalue weighted by molar-refractivity contribution is -0.145. The van der Waals surface area contributed by atoms with Gasteiger partial charge in [-0.25, -0.2) is 4.79 Å². The molecule has 30 heavy (non-hydrogen) atoms. The molecule has 156 valence electrons. The average molecular weight is 485 g/mol. The van der Waals surface area contributed by atoms with E-state index in [1.165, 1.54) is 6.08 Å². The summed E-state index contributed by atoms with van der Waals surface area (Å²) in [5, 5.41) is 10.3. The fourth-order valence-corrected chi connectivity index (χ4v) is 4.74. The number of carbonyl (C=O) groups is 3. The minimum Gasteiger partial charge on any atom is -0.480 e. The SMILES string of the molecule is NC(=O)CCC(C(=O)O)N1C(=O)/C(=C\c2ccc(-c3c(Cl)cccc3Cl)o2)SC1=S. The number of amides is 2. The molecule has 1 atom stereocenters. The van der Waals surface area contributed by atoms with Crippen molar-refractivity contribution in [1.82, 2.24) is 4.90 Å². The summed E-state index contributed by atoms with van der Waals surface area (Å²) in [5.74, 6) is -1.77. The Morgan fingerprint density at radius 1 is 1.27 bits per heavy atom. The minimum atomic E-state index is -1.29. The van der Waals surface area contributed by atoms with Gasteiger partial charge in [-0.3, -0.25) is 14.5 Å². The van der Waals surface area contributed by atoms with Gasteiger partial charge in [0.25, 0.3) is 5.91 Å². The van der Waals surface area contributed by atoms with Crippen molar-refractivity contribution in [3.05, 3.63) is 51.0 Å². The second kappa shape index (κ2) is 9.22. The Morgan fingerprint density at radius 2 is 1.93 bits per heavy atom. The fraction of sp³-hybridized carbons (Fsp3) is 0.158. The van der Waals surface area contributed by atoms with Crippen LogP contribution in [0.1, 0.15) is 18.6 Å². The quantitative estimate of drug-likeness (QED) is 0.447. The summed E-state index contributed by atoms with van der Waals surface area (Å²) < 4.78 is 5.82. The largest absolute Gasteiger partial charge is 0.480 e. The average Bonchev–Trinajstić information content (AvgIpc) is 3.21. The monoisotopic (exact) mass is 484 g/mol. The third-order valence-electron chi connectivity index (χ3n) is 4.19. The Balaban J connectivity index is 1.86. The van der Waals surface area contributed by atoms with E-state index in [0.717, 1.165) is 16.7 Å².